The van der Waals surface area contributed by atoms with Crippen LogP contribution in [-0.2, 0) is 32.5 Å². The van der Waals surface area contributed by atoms with Gasteiger partial charge in [-0.05, 0) is 199 Å². The summed E-state index contributed by atoms with van der Waals surface area (Å²) in [7, 11) is 0. The summed E-state index contributed by atoms with van der Waals surface area (Å²) in [6.07, 6.45) is 2.03. The Kier molecular flexibility index (Phi) is 6.54. The van der Waals surface area contributed by atoms with Crippen LogP contribution in [0.3, 0.4) is 0 Å². The van der Waals surface area contributed by atoms with E-state index < -0.39 is 194 Å². The number of benzene rings is 7. The normalized spacial score (nSPS) is 23.1. The Balaban J connectivity index is 1.39. The van der Waals surface area contributed by atoms with Gasteiger partial charge in [-0.2, -0.15) is 0 Å². The predicted molar refractivity (Wildman–Crippen MR) is 334 cm³/mol. The highest BCUT2D eigenvalue weighted by Gasteiger charge is 2.54. The van der Waals surface area contributed by atoms with Gasteiger partial charge in [-0.1, -0.05) is 151 Å². The molecule has 0 saturated heterocycles. The van der Waals surface area contributed by atoms with Gasteiger partial charge in [-0.25, -0.2) is 0 Å². The molecule has 0 amide bonds. The van der Waals surface area contributed by atoms with Crippen molar-refractivity contribution in [2.24, 2.45) is 0 Å². The Morgan fingerprint density at radius 3 is 1.57 bits per heavy atom. The molecule has 0 N–H and O–H groups in total. The lowest BCUT2D eigenvalue weighted by Gasteiger charge is -2.43. The van der Waals surface area contributed by atoms with E-state index in [-0.39, 0.29) is 87.4 Å². The molecule has 7 aromatic carbocycles. The first-order valence-electron chi connectivity index (χ1n) is 37.6. The number of rotatable bonds is 5. The minimum absolute atomic E-state index is 0.00267. The summed E-state index contributed by atoms with van der Waals surface area (Å²) in [5.74, 6) is 0. The molecule has 1 saturated carbocycles. The fraction of sp³-hybridized carbons (Fsp3) is 0.343. The van der Waals surface area contributed by atoms with Crippen molar-refractivity contribution in [2.45, 2.75) is 156 Å². The van der Waals surface area contributed by atoms with Gasteiger partial charge in [0.05, 0.1) is 47.9 Å². The molecular formula is C70H74BN3S2. The van der Waals surface area contributed by atoms with Crippen molar-refractivity contribution in [1.29, 1.82) is 0 Å². The minimum atomic E-state index is -1.42. The number of nitrogens with zero attached hydrogens (tertiary/aromatic N) is 3. The van der Waals surface area contributed by atoms with Crippen LogP contribution in [0.25, 0.3) is 20.2 Å². The third-order valence-corrected chi connectivity index (χ3v) is 18.1. The fourth-order valence-electron chi connectivity index (χ4n) is 12.0. The van der Waals surface area contributed by atoms with Gasteiger partial charge in [0.25, 0.3) is 6.71 Å². The van der Waals surface area contributed by atoms with E-state index in [1.54, 1.807) is 69.2 Å². The molecule has 2 bridgehead atoms. The smallest absolute Gasteiger partial charge is 0.266 e. The average molecular weight is 1060 g/mol. The van der Waals surface area contributed by atoms with Crippen LogP contribution < -0.4 is 30.4 Å². The van der Waals surface area contributed by atoms with E-state index in [0.717, 1.165) is 27.6 Å². The molecule has 13 rings (SSSR count). The summed E-state index contributed by atoms with van der Waals surface area (Å²) in [5, 5.41) is 0.340. The lowest BCUT2D eigenvalue weighted by atomic mass is 9.36. The van der Waals surface area contributed by atoms with Crippen molar-refractivity contribution < 1.29 is 31.5 Å². The number of hydrogen-bond acceptors (Lipinski definition) is 5. The van der Waals surface area contributed by atoms with Crippen LogP contribution >= 0.6 is 22.7 Å². The average Bonchev–Trinajstić information content (AvgIpc) is 1.57. The maximum atomic E-state index is 11.4. The fourth-order valence-corrected chi connectivity index (χ4v) is 14.5. The maximum Gasteiger partial charge on any atom is 0.266 e. The Hall–Kier alpha value is -6.08. The molecule has 384 valence electrons. The highest BCUT2D eigenvalue weighted by atomic mass is 32.1. The number of para-hydroxylation sites is 1. The van der Waals surface area contributed by atoms with Crippen LogP contribution in [0.15, 0.2) is 139 Å². The zero-order chi connectivity index (χ0) is 73.4. The van der Waals surface area contributed by atoms with Gasteiger partial charge in [-0.3, -0.25) is 0 Å². The molecule has 2 aromatic heterocycles. The molecule has 6 heteroatoms. The molecule has 2 aliphatic carbocycles. The summed E-state index contributed by atoms with van der Waals surface area (Å²) in [6.45, 7) is 25.4. The highest BCUT2D eigenvalue weighted by molar-refractivity contribution is 7.35. The van der Waals surface area contributed by atoms with E-state index in [9.17, 15) is 30.2 Å². The molecular weight excluding hydrogens is 958 g/mol. The van der Waals surface area contributed by atoms with Crippen molar-refractivity contribution in [3.63, 3.8) is 0 Å². The van der Waals surface area contributed by atoms with Gasteiger partial charge in [0.1, 0.15) is 0 Å². The van der Waals surface area contributed by atoms with Gasteiger partial charge >= 0.3 is 0 Å². The predicted octanol–water partition coefficient (Wildman–Crippen LogP) is 18.9. The van der Waals surface area contributed by atoms with Gasteiger partial charge in [-0.15, -0.1) is 22.7 Å². The van der Waals surface area contributed by atoms with Crippen LogP contribution in [0, 0.1) is 6.92 Å². The van der Waals surface area contributed by atoms with Crippen LogP contribution in [-0.4, -0.2) is 6.71 Å². The number of hydrogen-bond donors (Lipinski definition) is 0. The topological polar surface area (TPSA) is 9.72 Å². The first-order chi connectivity index (χ1) is 45.5. The van der Waals surface area contributed by atoms with E-state index in [2.05, 4.69) is 13.8 Å². The second-order valence-corrected chi connectivity index (χ2v) is 27.9. The molecule has 4 aliphatic rings. The zero-order valence-electron chi connectivity index (χ0n) is 68.9. The third kappa shape index (κ3) is 7.54. The third-order valence-electron chi connectivity index (χ3n) is 15.9. The summed E-state index contributed by atoms with van der Waals surface area (Å²) < 4.78 is 233. The Bertz CT molecular complexity index is 5130. The molecule has 2 unspecified atom stereocenters. The maximum absolute atomic E-state index is 11.4. The van der Waals surface area contributed by atoms with Crippen molar-refractivity contribution in [3.8, 4) is 0 Å². The molecule has 0 spiro atoms. The van der Waals surface area contributed by atoms with E-state index in [1.165, 1.54) is 9.80 Å². The lowest BCUT2D eigenvalue weighted by Crippen LogP contribution is -2.60. The summed E-state index contributed by atoms with van der Waals surface area (Å²) in [6, 6.07) is -14.1. The molecule has 9 aromatic rings. The molecule has 2 atom stereocenters. The quantitative estimate of drug-likeness (QED) is 0.159. The SMILES string of the molecule is [2H]c1c([2H])c([2H])c(N(c2c([2H])c([2H])c(C(C)(C)C)c([2H])c2[2H])c2c([2H])c3c4c(c2[2H])N(c2c([2H])c([2H])c(C(C)(C)C)c([2H])c2[2H])c2c(sc5c([2H])c(C)c(C(C)(C)C)c([2H])c25)B4c2c(sc4c([2H])c5c(c([2H])c24)C2(C)CCC5(C)C2)N3c2c([2H])c([2H])c(C(C)(C)C)c([2H])c2[2H])c([2H])c1[2H]. The molecule has 4 heterocycles. The lowest BCUT2D eigenvalue weighted by molar-refractivity contribution is 0.484. The number of thiophene rings is 2. The summed E-state index contributed by atoms with van der Waals surface area (Å²) in [5.41, 5.74) is -7.45. The van der Waals surface area contributed by atoms with Gasteiger partial charge < -0.3 is 14.7 Å². The number of fused-ring (bicyclic) bond motifs is 13. The first-order valence-corrected chi connectivity index (χ1v) is 27.7. The van der Waals surface area contributed by atoms with Crippen molar-refractivity contribution in [1.82, 2.24) is 0 Å². The summed E-state index contributed by atoms with van der Waals surface area (Å²) in [4.78, 5) is 3.31. The second kappa shape index (κ2) is 16.5. The summed E-state index contributed by atoms with van der Waals surface area (Å²) >= 11 is 2.04. The number of anilines is 9. The van der Waals surface area contributed by atoms with E-state index in [0.29, 0.717) is 41.5 Å². The van der Waals surface area contributed by atoms with Gasteiger partial charge in [0.15, 0.2) is 0 Å². The molecule has 76 heavy (non-hydrogen) atoms. The standard InChI is InChI=1S/C70H74BN3S2/c1-42-35-58-52(39-53(42)68(11,12)13)62-63(75-58)71-60-51-38-54-55(70(15)34-33-69(54,14)41-70)40-59(51)76-64(60)74(49-31-25-45(26-32-49)67(8,9)10)57-37-50(36-56(61(57)71)73(62)48-29-23-44(24-30-48)66(5,6)7)72(46-19-17-16-18-20-46)47-27-21-43(22-28-47)65(2,3)4/h16-32,35-40H,33-34,41H2,1-15H3/i16D,17D,18D,19D,20D,21D,22D,23D,24D,25D,26D,27D,28D,29D,30D,31D,32D,35D,36D,37D,38D,39D,40D. The Labute approximate surface area is 494 Å². The van der Waals surface area contributed by atoms with Crippen LogP contribution in [0.4, 0.5) is 50.5 Å². The van der Waals surface area contributed by atoms with E-state index >= 15 is 0 Å². The highest BCUT2D eigenvalue weighted by Crippen LogP contribution is 2.62. The van der Waals surface area contributed by atoms with E-state index in [4.69, 9.17) is 1.37 Å². The van der Waals surface area contributed by atoms with Crippen LogP contribution in [0.1, 0.15) is 187 Å². The molecule has 3 nitrogen and oxygen atoms in total. The van der Waals surface area contributed by atoms with Crippen LogP contribution in [0.2, 0.25) is 0 Å². The zero-order valence-corrected chi connectivity index (χ0v) is 47.5. The van der Waals surface area contributed by atoms with Crippen LogP contribution in [0.5, 0.6) is 0 Å². The van der Waals surface area contributed by atoms with Gasteiger partial charge in [0, 0.05) is 53.7 Å². The molecule has 0 radical (unpaired) electrons. The van der Waals surface area contributed by atoms with E-state index in [1.807, 2.05) is 20.8 Å². The van der Waals surface area contributed by atoms with Crippen molar-refractivity contribution in [3.05, 3.63) is 178 Å². The second-order valence-electron chi connectivity index (χ2n) is 25.9. The largest absolute Gasteiger partial charge is 0.310 e. The Morgan fingerprint density at radius 1 is 0.513 bits per heavy atom. The van der Waals surface area contributed by atoms with Crippen molar-refractivity contribution in [2.75, 3.05) is 14.7 Å². The molecule has 1 fully saturated rings. The van der Waals surface area contributed by atoms with Crippen molar-refractivity contribution >= 4 is 116 Å². The minimum Gasteiger partial charge on any atom is -0.310 e. The van der Waals surface area contributed by atoms with Gasteiger partial charge in [0.2, 0.25) is 0 Å². The molecule has 2 aliphatic heterocycles. The first kappa shape index (κ1) is 30.2. The monoisotopic (exact) mass is 1050 g/mol. The Morgan fingerprint density at radius 2 is 1.01 bits per heavy atom.